The molecule has 0 bridgehead atoms. The summed E-state index contributed by atoms with van der Waals surface area (Å²) in [5.41, 5.74) is 1.34. The molecule has 0 spiro atoms. The fourth-order valence-electron chi connectivity index (χ4n) is 1.03. The second-order valence-corrected chi connectivity index (χ2v) is 3.90. The maximum Gasteiger partial charge on any atom is 0.138 e. The average Bonchev–Trinajstić information content (AvgIpc) is 2.16. The topological polar surface area (TPSA) is 33.0 Å². The van der Waals surface area contributed by atoms with Gasteiger partial charge in [-0.05, 0) is 40.3 Å². The molecule has 0 aromatic heterocycles. The summed E-state index contributed by atoms with van der Waals surface area (Å²) in [7, 11) is 1.55. The molecular formula is C9H7ClINO. The van der Waals surface area contributed by atoms with Gasteiger partial charge in [0.15, 0.2) is 0 Å². The van der Waals surface area contributed by atoms with Crippen LogP contribution in [0.4, 0.5) is 0 Å². The Labute approximate surface area is 95.6 Å². The van der Waals surface area contributed by atoms with Gasteiger partial charge in [-0.3, -0.25) is 0 Å². The van der Waals surface area contributed by atoms with Crippen LogP contribution in [0.2, 0.25) is 0 Å². The second kappa shape index (κ2) is 4.68. The number of nitriles is 1. The first-order valence-electron chi connectivity index (χ1n) is 3.55. The molecule has 68 valence electrons. The van der Waals surface area contributed by atoms with Crippen molar-refractivity contribution >= 4 is 34.2 Å². The molecule has 4 heteroatoms. The molecular weight excluding hydrogens is 300 g/mol. The van der Waals surface area contributed by atoms with Crippen LogP contribution in [0.1, 0.15) is 11.1 Å². The van der Waals surface area contributed by atoms with Crippen molar-refractivity contribution in [3.63, 3.8) is 0 Å². The second-order valence-electron chi connectivity index (χ2n) is 2.39. The summed E-state index contributed by atoms with van der Waals surface area (Å²) in [6.07, 6.45) is 0. The number of hydrogen-bond acceptors (Lipinski definition) is 2. The van der Waals surface area contributed by atoms with Crippen molar-refractivity contribution in [2.24, 2.45) is 0 Å². The highest BCUT2D eigenvalue weighted by molar-refractivity contribution is 14.1. The van der Waals surface area contributed by atoms with Gasteiger partial charge < -0.3 is 4.74 Å². The van der Waals surface area contributed by atoms with Crippen molar-refractivity contribution < 1.29 is 4.74 Å². The Balaban J connectivity index is 3.36. The molecule has 0 saturated heterocycles. The molecule has 0 aliphatic heterocycles. The Morgan fingerprint density at radius 3 is 2.77 bits per heavy atom. The summed E-state index contributed by atoms with van der Waals surface area (Å²) in [6.45, 7) is 0. The molecule has 0 aliphatic rings. The summed E-state index contributed by atoms with van der Waals surface area (Å²) in [5, 5.41) is 8.86. The van der Waals surface area contributed by atoms with Crippen LogP contribution >= 0.6 is 34.2 Å². The molecule has 1 aromatic rings. The summed E-state index contributed by atoms with van der Waals surface area (Å²) < 4.78 is 6.09. The van der Waals surface area contributed by atoms with Gasteiger partial charge in [0.2, 0.25) is 0 Å². The van der Waals surface area contributed by atoms with E-state index in [1.165, 1.54) is 0 Å². The first-order valence-corrected chi connectivity index (χ1v) is 5.16. The molecule has 13 heavy (non-hydrogen) atoms. The van der Waals surface area contributed by atoms with Crippen LogP contribution in [-0.4, -0.2) is 7.11 Å². The third kappa shape index (κ3) is 2.26. The maximum absolute atomic E-state index is 8.86. The van der Waals surface area contributed by atoms with E-state index in [2.05, 4.69) is 28.7 Å². The van der Waals surface area contributed by atoms with E-state index in [0.29, 0.717) is 17.2 Å². The number of halogens is 2. The van der Waals surface area contributed by atoms with Gasteiger partial charge in [-0.15, -0.1) is 11.6 Å². The number of methoxy groups -OCH3 is 1. The molecule has 0 saturated carbocycles. The minimum absolute atomic E-state index is 0.329. The van der Waals surface area contributed by atoms with Gasteiger partial charge in [0.1, 0.15) is 11.8 Å². The van der Waals surface area contributed by atoms with E-state index < -0.39 is 0 Å². The summed E-state index contributed by atoms with van der Waals surface area (Å²) >= 11 is 7.86. The van der Waals surface area contributed by atoms with Crippen LogP contribution < -0.4 is 4.74 Å². The highest BCUT2D eigenvalue weighted by Gasteiger charge is 2.09. The SMILES string of the molecule is COc1cc(I)cc(CCl)c1C#N. The summed E-state index contributed by atoms with van der Waals surface area (Å²) in [4.78, 5) is 0. The fraction of sp³-hybridized carbons (Fsp3) is 0.222. The minimum atomic E-state index is 0.329. The first kappa shape index (κ1) is 10.6. The Kier molecular flexibility index (Phi) is 3.82. The van der Waals surface area contributed by atoms with Crippen molar-refractivity contribution in [2.75, 3.05) is 7.11 Å². The number of alkyl halides is 1. The van der Waals surface area contributed by atoms with E-state index in [4.69, 9.17) is 21.6 Å². The highest BCUT2D eigenvalue weighted by Crippen LogP contribution is 2.25. The Morgan fingerprint density at radius 1 is 1.62 bits per heavy atom. The predicted octanol–water partition coefficient (Wildman–Crippen LogP) is 2.91. The first-order chi connectivity index (χ1) is 6.22. The summed E-state index contributed by atoms with van der Waals surface area (Å²) in [5.74, 6) is 0.917. The van der Waals surface area contributed by atoms with E-state index in [9.17, 15) is 0 Å². The average molecular weight is 308 g/mol. The van der Waals surface area contributed by atoms with Gasteiger partial charge in [0, 0.05) is 9.45 Å². The van der Waals surface area contributed by atoms with Crippen LogP contribution in [0.25, 0.3) is 0 Å². The van der Waals surface area contributed by atoms with Crippen LogP contribution in [0.15, 0.2) is 12.1 Å². The largest absolute Gasteiger partial charge is 0.495 e. The van der Waals surface area contributed by atoms with Crippen LogP contribution in [0.5, 0.6) is 5.75 Å². The summed E-state index contributed by atoms with van der Waals surface area (Å²) in [6, 6.07) is 5.78. The molecule has 0 N–H and O–H groups in total. The molecule has 0 heterocycles. The molecule has 0 atom stereocenters. The van der Waals surface area contributed by atoms with Crippen LogP contribution in [0, 0.1) is 14.9 Å². The fourth-order valence-corrected chi connectivity index (χ4v) is 1.90. The highest BCUT2D eigenvalue weighted by atomic mass is 127. The molecule has 0 aliphatic carbocycles. The van der Waals surface area contributed by atoms with Crippen molar-refractivity contribution in [2.45, 2.75) is 5.88 Å². The number of ether oxygens (including phenoxy) is 1. The number of benzene rings is 1. The predicted molar refractivity (Wildman–Crippen MR) is 60.0 cm³/mol. The Morgan fingerprint density at radius 2 is 2.31 bits per heavy atom. The van der Waals surface area contributed by atoms with Crippen molar-refractivity contribution in [3.8, 4) is 11.8 Å². The molecule has 0 amide bonds. The van der Waals surface area contributed by atoms with Crippen LogP contribution in [0.3, 0.4) is 0 Å². The van der Waals surface area contributed by atoms with E-state index in [0.717, 1.165) is 9.13 Å². The van der Waals surface area contributed by atoms with E-state index >= 15 is 0 Å². The molecule has 0 fully saturated rings. The minimum Gasteiger partial charge on any atom is -0.495 e. The quantitative estimate of drug-likeness (QED) is 0.622. The Hall–Kier alpha value is -0.470. The molecule has 2 nitrogen and oxygen atoms in total. The van der Waals surface area contributed by atoms with Gasteiger partial charge in [0.05, 0.1) is 12.7 Å². The normalized spacial score (nSPS) is 9.38. The third-order valence-corrected chi connectivity index (χ3v) is 2.54. The van der Waals surface area contributed by atoms with E-state index in [-0.39, 0.29) is 0 Å². The number of hydrogen-bond donors (Lipinski definition) is 0. The van der Waals surface area contributed by atoms with Gasteiger partial charge in [-0.2, -0.15) is 5.26 Å². The van der Waals surface area contributed by atoms with Crippen molar-refractivity contribution in [1.29, 1.82) is 5.26 Å². The molecule has 0 unspecified atom stereocenters. The number of rotatable bonds is 2. The third-order valence-electron chi connectivity index (χ3n) is 1.62. The van der Waals surface area contributed by atoms with Gasteiger partial charge >= 0.3 is 0 Å². The zero-order valence-corrected chi connectivity index (χ0v) is 9.89. The van der Waals surface area contributed by atoms with E-state index in [1.807, 2.05) is 12.1 Å². The lowest BCUT2D eigenvalue weighted by Gasteiger charge is -2.06. The standard InChI is InChI=1S/C9H7ClINO/c1-13-9-3-7(11)2-6(4-10)8(9)5-12/h2-3H,4H2,1H3. The van der Waals surface area contributed by atoms with Crippen LogP contribution in [-0.2, 0) is 5.88 Å². The molecule has 0 radical (unpaired) electrons. The zero-order chi connectivity index (χ0) is 9.84. The monoisotopic (exact) mass is 307 g/mol. The number of nitrogens with zero attached hydrogens (tertiary/aromatic N) is 1. The lowest BCUT2D eigenvalue weighted by Crippen LogP contribution is -1.94. The van der Waals surface area contributed by atoms with Crippen molar-refractivity contribution in [1.82, 2.24) is 0 Å². The van der Waals surface area contributed by atoms with Crippen molar-refractivity contribution in [3.05, 3.63) is 26.8 Å². The maximum atomic E-state index is 8.86. The molecule has 1 rings (SSSR count). The lowest BCUT2D eigenvalue weighted by molar-refractivity contribution is 0.412. The Bertz CT molecular complexity index is 334. The van der Waals surface area contributed by atoms with E-state index in [1.54, 1.807) is 7.11 Å². The zero-order valence-electron chi connectivity index (χ0n) is 6.97. The van der Waals surface area contributed by atoms with Gasteiger partial charge in [0.25, 0.3) is 0 Å². The smallest absolute Gasteiger partial charge is 0.138 e. The lowest BCUT2D eigenvalue weighted by atomic mass is 10.1. The molecule has 1 aromatic carbocycles. The van der Waals surface area contributed by atoms with Gasteiger partial charge in [-0.25, -0.2) is 0 Å². The van der Waals surface area contributed by atoms with Gasteiger partial charge in [-0.1, -0.05) is 0 Å².